The lowest BCUT2D eigenvalue weighted by Crippen LogP contribution is -2.46. The van der Waals surface area contributed by atoms with Crippen molar-refractivity contribution in [2.75, 3.05) is 12.0 Å². The molecule has 0 aromatic heterocycles. The molecular formula is C13H14Cl3N3O2S. The van der Waals surface area contributed by atoms with Gasteiger partial charge in [-0.25, -0.2) is 15.2 Å². The van der Waals surface area contributed by atoms with E-state index in [1.165, 1.54) is 4.90 Å². The second-order valence-corrected chi connectivity index (χ2v) is 7.22. The quantitative estimate of drug-likeness (QED) is 0.489. The molecule has 1 N–H and O–H groups in total. The predicted molar refractivity (Wildman–Crippen MR) is 92.7 cm³/mol. The van der Waals surface area contributed by atoms with Gasteiger partial charge >= 0.3 is 6.03 Å². The molecule has 22 heavy (non-hydrogen) atoms. The number of carbonyl (C=O) groups is 1. The standard InChI is InChI=1S/C13H14Cl3N3O2S/c1-8(7-22)11-17-19(13(14,15)16)12(20)18(11)9-3-5-10(21-2)6-4-9/h3-8,11,17H,1-2H3. The van der Waals surface area contributed by atoms with Crippen LogP contribution in [0.3, 0.4) is 0 Å². The Morgan fingerprint density at radius 1 is 1.36 bits per heavy atom. The molecule has 1 aliphatic rings. The first-order chi connectivity index (χ1) is 10.3. The number of nitrogens with zero attached hydrogens (tertiary/aromatic N) is 2. The second kappa shape index (κ2) is 6.76. The summed E-state index contributed by atoms with van der Waals surface area (Å²) >= 11 is 22.5. The van der Waals surface area contributed by atoms with Crippen molar-refractivity contribution in [3.63, 3.8) is 0 Å². The van der Waals surface area contributed by atoms with E-state index in [0.29, 0.717) is 11.4 Å². The SMILES string of the molecule is COc1ccc(N2C(=O)N(C(Cl)(Cl)Cl)NC2C(C)C=S)cc1. The largest absolute Gasteiger partial charge is 0.497 e. The van der Waals surface area contributed by atoms with Crippen LogP contribution in [0, 0.1) is 5.92 Å². The number of alkyl halides is 3. The van der Waals surface area contributed by atoms with Gasteiger partial charge in [0.25, 0.3) is 3.92 Å². The number of ether oxygens (including phenoxy) is 1. The number of hydrazine groups is 1. The van der Waals surface area contributed by atoms with E-state index in [0.717, 1.165) is 5.01 Å². The lowest BCUT2D eigenvalue weighted by atomic mass is 10.1. The van der Waals surface area contributed by atoms with Crippen molar-refractivity contribution in [1.82, 2.24) is 10.4 Å². The van der Waals surface area contributed by atoms with Crippen molar-refractivity contribution in [2.24, 2.45) is 5.92 Å². The normalized spacial score (nSPS) is 20.2. The first kappa shape index (κ1) is 17.6. The Labute approximate surface area is 149 Å². The number of anilines is 1. The summed E-state index contributed by atoms with van der Waals surface area (Å²) < 4.78 is 3.21. The van der Waals surface area contributed by atoms with Crippen LogP contribution in [0.4, 0.5) is 10.5 Å². The average Bonchev–Trinajstić information content (AvgIpc) is 2.84. The second-order valence-electron chi connectivity index (χ2n) is 4.72. The fourth-order valence-corrected chi connectivity index (χ4v) is 2.61. The maximum atomic E-state index is 12.6. The number of rotatable bonds is 4. The van der Waals surface area contributed by atoms with Gasteiger partial charge in [-0.2, -0.15) is 0 Å². The Bertz CT molecular complexity index is 565. The summed E-state index contributed by atoms with van der Waals surface area (Å²) in [5.41, 5.74) is 3.54. The minimum absolute atomic E-state index is 0.140. The van der Waals surface area contributed by atoms with Crippen molar-refractivity contribution in [3.8, 4) is 5.75 Å². The molecule has 120 valence electrons. The monoisotopic (exact) mass is 381 g/mol. The van der Waals surface area contributed by atoms with Gasteiger partial charge in [0, 0.05) is 11.6 Å². The Hall–Kier alpha value is -0.790. The molecule has 0 aliphatic carbocycles. The Morgan fingerprint density at radius 2 is 1.95 bits per heavy atom. The van der Waals surface area contributed by atoms with E-state index in [1.807, 2.05) is 6.92 Å². The van der Waals surface area contributed by atoms with E-state index < -0.39 is 16.1 Å². The molecule has 2 unspecified atom stereocenters. The number of benzene rings is 1. The molecule has 1 saturated heterocycles. The highest BCUT2D eigenvalue weighted by atomic mass is 35.6. The molecule has 1 aromatic rings. The topological polar surface area (TPSA) is 44.8 Å². The predicted octanol–water partition coefficient (Wildman–Crippen LogP) is 3.73. The van der Waals surface area contributed by atoms with Crippen molar-refractivity contribution < 1.29 is 9.53 Å². The molecule has 1 aromatic carbocycles. The Kier molecular flexibility index (Phi) is 5.40. The molecule has 9 heteroatoms. The molecule has 1 aliphatic heterocycles. The zero-order chi connectivity index (χ0) is 16.5. The van der Waals surface area contributed by atoms with Crippen LogP contribution in [-0.4, -0.2) is 33.6 Å². The van der Waals surface area contributed by atoms with Crippen molar-refractivity contribution in [2.45, 2.75) is 17.0 Å². The van der Waals surface area contributed by atoms with Gasteiger partial charge in [0.2, 0.25) is 0 Å². The third-order valence-corrected chi connectivity index (χ3v) is 4.19. The fourth-order valence-electron chi connectivity index (χ4n) is 2.09. The summed E-state index contributed by atoms with van der Waals surface area (Å²) in [5, 5.41) is 2.52. The first-order valence-electron chi connectivity index (χ1n) is 6.35. The van der Waals surface area contributed by atoms with E-state index in [1.54, 1.807) is 36.7 Å². The highest BCUT2D eigenvalue weighted by molar-refractivity contribution is 7.79. The number of amides is 2. The summed E-state index contributed by atoms with van der Waals surface area (Å²) in [6.45, 7) is 1.87. The lowest BCUT2D eigenvalue weighted by Gasteiger charge is -2.25. The summed E-state index contributed by atoms with van der Waals surface area (Å²) in [4.78, 5) is 14.1. The van der Waals surface area contributed by atoms with Gasteiger partial charge in [0.05, 0.1) is 7.11 Å². The van der Waals surface area contributed by atoms with E-state index in [4.69, 9.17) is 51.8 Å². The van der Waals surface area contributed by atoms with Crippen LogP contribution >= 0.6 is 47.0 Å². The molecule has 0 radical (unpaired) electrons. The minimum Gasteiger partial charge on any atom is -0.497 e. The van der Waals surface area contributed by atoms with Crippen LogP contribution in [0.1, 0.15) is 6.92 Å². The molecule has 1 fully saturated rings. The third kappa shape index (κ3) is 3.41. The van der Waals surface area contributed by atoms with Crippen LogP contribution in [0.15, 0.2) is 24.3 Å². The summed E-state index contributed by atoms with van der Waals surface area (Å²) in [5.74, 6) is 0.541. The van der Waals surface area contributed by atoms with Crippen molar-refractivity contribution in [3.05, 3.63) is 24.3 Å². The van der Waals surface area contributed by atoms with Gasteiger partial charge in [0.1, 0.15) is 11.9 Å². The maximum absolute atomic E-state index is 12.6. The Balaban J connectivity index is 2.39. The smallest absolute Gasteiger partial charge is 0.343 e. The van der Waals surface area contributed by atoms with Crippen LogP contribution in [0.5, 0.6) is 5.75 Å². The molecule has 0 spiro atoms. The van der Waals surface area contributed by atoms with Gasteiger partial charge in [-0.05, 0) is 29.6 Å². The average molecular weight is 383 g/mol. The van der Waals surface area contributed by atoms with Crippen LogP contribution in [0.2, 0.25) is 0 Å². The number of methoxy groups -OCH3 is 1. The van der Waals surface area contributed by atoms with Crippen molar-refractivity contribution in [1.29, 1.82) is 0 Å². The molecule has 2 amide bonds. The van der Waals surface area contributed by atoms with E-state index in [2.05, 4.69) is 5.43 Å². The molecule has 1 heterocycles. The number of carbonyl (C=O) groups excluding carboxylic acids is 1. The van der Waals surface area contributed by atoms with Gasteiger partial charge < -0.3 is 4.74 Å². The highest BCUT2D eigenvalue weighted by Gasteiger charge is 2.48. The molecule has 0 bridgehead atoms. The van der Waals surface area contributed by atoms with Crippen molar-refractivity contribution >= 4 is 64.1 Å². The van der Waals surface area contributed by atoms with Gasteiger partial charge in [-0.1, -0.05) is 53.9 Å². The van der Waals surface area contributed by atoms with Gasteiger partial charge in [-0.15, -0.1) is 0 Å². The van der Waals surface area contributed by atoms with Crippen LogP contribution in [-0.2, 0) is 0 Å². The number of halogens is 3. The highest BCUT2D eigenvalue weighted by Crippen LogP contribution is 2.36. The molecule has 5 nitrogen and oxygen atoms in total. The van der Waals surface area contributed by atoms with Crippen LogP contribution < -0.4 is 15.1 Å². The van der Waals surface area contributed by atoms with Crippen LogP contribution in [0.25, 0.3) is 0 Å². The first-order valence-corrected chi connectivity index (χ1v) is 7.95. The number of hydrogen-bond acceptors (Lipinski definition) is 4. The van der Waals surface area contributed by atoms with Gasteiger partial charge in [0.15, 0.2) is 0 Å². The molecule has 0 saturated carbocycles. The lowest BCUT2D eigenvalue weighted by molar-refractivity contribution is 0.196. The third-order valence-electron chi connectivity index (χ3n) is 3.25. The molecule has 2 rings (SSSR count). The van der Waals surface area contributed by atoms with E-state index in [9.17, 15) is 4.79 Å². The maximum Gasteiger partial charge on any atom is 0.343 e. The van der Waals surface area contributed by atoms with E-state index in [-0.39, 0.29) is 5.92 Å². The minimum atomic E-state index is -1.91. The molecule has 2 atom stereocenters. The number of thiocarbonyl (C=S) groups is 1. The zero-order valence-corrected chi connectivity index (χ0v) is 14.9. The Morgan fingerprint density at radius 3 is 2.41 bits per heavy atom. The number of nitrogens with one attached hydrogen (secondary N) is 1. The zero-order valence-electron chi connectivity index (χ0n) is 11.8. The molecular weight excluding hydrogens is 369 g/mol. The summed E-state index contributed by atoms with van der Waals surface area (Å²) in [7, 11) is 1.57. The fraction of sp³-hybridized carbons (Fsp3) is 0.385. The van der Waals surface area contributed by atoms with E-state index >= 15 is 0 Å². The summed E-state index contributed by atoms with van der Waals surface area (Å²) in [6, 6.07) is 6.53. The number of urea groups is 1. The summed E-state index contributed by atoms with van der Waals surface area (Å²) in [6.07, 6.45) is -0.450. The number of hydrogen-bond donors (Lipinski definition) is 1. The van der Waals surface area contributed by atoms with Gasteiger partial charge in [-0.3, -0.25) is 4.90 Å².